The maximum absolute atomic E-state index is 14.3. The Labute approximate surface area is 388 Å². The molecule has 12 N–H and O–H groups in total. The summed E-state index contributed by atoms with van der Waals surface area (Å²) in [5.41, 5.74) is 14.1. The molecule has 0 aliphatic rings. The van der Waals surface area contributed by atoms with E-state index >= 15 is 0 Å². The zero-order valence-corrected chi connectivity index (χ0v) is 38.9. The van der Waals surface area contributed by atoms with Crippen LogP contribution >= 0.6 is 0 Å². The molecule has 0 spiro atoms. The first-order valence-corrected chi connectivity index (χ1v) is 22.7. The van der Waals surface area contributed by atoms with Gasteiger partial charge >= 0.3 is 5.97 Å². The van der Waals surface area contributed by atoms with Crippen molar-refractivity contribution in [3.8, 4) is 5.75 Å². The highest BCUT2D eigenvalue weighted by atomic mass is 16.4. The molecule has 0 saturated heterocycles. The van der Waals surface area contributed by atoms with Gasteiger partial charge in [-0.15, -0.1) is 0 Å². The number of carboxylic acid groups (broad SMARTS) is 1. The normalized spacial score (nSPS) is 14.5. The fourth-order valence-electron chi connectivity index (χ4n) is 7.20. The second-order valence-electron chi connectivity index (χ2n) is 17.8. The lowest BCUT2D eigenvalue weighted by molar-refractivity contribution is -0.143. The largest absolute Gasteiger partial charge is 0.508 e. The number of carbonyl (C=O) groups is 7. The van der Waals surface area contributed by atoms with Crippen molar-refractivity contribution in [3.05, 3.63) is 102 Å². The van der Waals surface area contributed by atoms with Gasteiger partial charge < -0.3 is 53.6 Å². The lowest BCUT2D eigenvalue weighted by Crippen LogP contribution is -2.61. The highest BCUT2D eigenvalue weighted by Gasteiger charge is 2.36. The highest BCUT2D eigenvalue weighted by molar-refractivity contribution is 5.97. The standard InChI is InChI=1S/C49H70N8O9/c1-29(2)25-40(49(65)66)55-44(60)37(19-13-14-24-50)52-47(63)41(30(3)4)57-48(64)42(31(5)6)56-46(62)39(28-33-17-11-8-12-18-33)54-45(61)38(27-32-15-9-7-10-16-32)53-43(59)36(51)26-34-20-22-35(58)23-21-34/h7-12,15-18,20-23,29-31,36-42,58H,13-14,19,24-28,50-51H2,1-6H3,(H,52,63)(H,53,59)(H,54,61)(H,55,60)(H,56,62)(H,57,64)(H,65,66)/t36-,37-,38-,39-,40-,41-,42-/m1/s1. The van der Waals surface area contributed by atoms with Crippen LogP contribution in [0.25, 0.3) is 0 Å². The van der Waals surface area contributed by atoms with E-state index in [1.54, 1.807) is 94.4 Å². The van der Waals surface area contributed by atoms with E-state index in [1.807, 2.05) is 19.9 Å². The molecule has 0 aromatic heterocycles. The van der Waals surface area contributed by atoms with Gasteiger partial charge in [0, 0.05) is 12.8 Å². The lowest BCUT2D eigenvalue weighted by Gasteiger charge is -2.30. The van der Waals surface area contributed by atoms with Gasteiger partial charge in [0.25, 0.3) is 0 Å². The fraction of sp³-hybridized carbons (Fsp3) is 0.490. The number of aromatic hydroxyl groups is 1. The molecule has 0 radical (unpaired) electrons. The highest BCUT2D eigenvalue weighted by Crippen LogP contribution is 2.14. The van der Waals surface area contributed by atoms with E-state index in [0.29, 0.717) is 30.5 Å². The van der Waals surface area contributed by atoms with Crippen LogP contribution < -0.4 is 43.4 Å². The van der Waals surface area contributed by atoms with Gasteiger partial charge in [0.1, 0.15) is 42.0 Å². The molecule has 3 aromatic carbocycles. The summed E-state index contributed by atoms with van der Waals surface area (Å²) in [5, 5.41) is 35.8. The molecule has 17 nitrogen and oxygen atoms in total. The number of rotatable bonds is 27. The summed E-state index contributed by atoms with van der Waals surface area (Å²) in [6.45, 7) is 10.8. The van der Waals surface area contributed by atoms with Gasteiger partial charge in [-0.2, -0.15) is 0 Å². The number of nitrogens with one attached hydrogen (secondary N) is 6. The number of unbranched alkanes of at least 4 members (excludes halogenated alkanes) is 1. The third-order valence-electron chi connectivity index (χ3n) is 11.0. The number of hydrogen-bond acceptors (Lipinski definition) is 10. The summed E-state index contributed by atoms with van der Waals surface area (Å²) >= 11 is 0. The second-order valence-corrected chi connectivity index (χ2v) is 17.8. The van der Waals surface area contributed by atoms with E-state index in [-0.39, 0.29) is 43.8 Å². The Morgan fingerprint density at radius 1 is 0.500 bits per heavy atom. The summed E-state index contributed by atoms with van der Waals surface area (Å²) in [6, 6.07) is 16.1. The minimum atomic E-state index is -1.24. The van der Waals surface area contributed by atoms with Crippen LogP contribution in [-0.4, -0.2) is 100 Å². The van der Waals surface area contributed by atoms with Gasteiger partial charge in [-0.05, 0) is 85.2 Å². The summed E-state index contributed by atoms with van der Waals surface area (Å²) in [5.74, 6) is -6.22. The predicted molar refractivity (Wildman–Crippen MR) is 251 cm³/mol. The maximum Gasteiger partial charge on any atom is 0.326 e. The molecule has 66 heavy (non-hydrogen) atoms. The van der Waals surface area contributed by atoms with E-state index in [2.05, 4.69) is 31.9 Å². The Kier molecular flexibility index (Phi) is 22.3. The first kappa shape index (κ1) is 54.0. The van der Waals surface area contributed by atoms with Gasteiger partial charge in [0.05, 0.1) is 6.04 Å². The van der Waals surface area contributed by atoms with Crippen molar-refractivity contribution < 1.29 is 43.8 Å². The van der Waals surface area contributed by atoms with E-state index in [1.165, 1.54) is 12.1 Å². The van der Waals surface area contributed by atoms with E-state index < -0.39 is 95.5 Å². The van der Waals surface area contributed by atoms with Gasteiger partial charge in [-0.25, -0.2) is 4.79 Å². The van der Waals surface area contributed by atoms with E-state index in [4.69, 9.17) is 11.5 Å². The van der Waals surface area contributed by atoms with Crippen LogP contribution in [-0.2, 0) is 52.8 Å². The lowest BCUT2D eigenvalue weighted by atomic mass is 9.97. The van der Waals surface area contributed by atoms with Crippen LogP contribution in [0.5, 0.6) is 5.75 Å². The van der Waals surface area contributed by atoms with Gasteiger partial charge in [-0.1, -0.05) is 114 Å². The number of benzene rings is 3. The zero-order valence-electron chi connectivity index (χ0n) is 38.9. The summed E-state index contributed by atoms with van der Waals surface area (Å²) < 4.78 is 0. The second kappa shape index (κ2) is 27.2. The average molecular weight is 915 g/mol. The topological polar surface area (TPSA) is 284 Å². The van der Waals surface area contributed by atoms with Crippen LogP contribution in [0.4, 0.5) is 0 Å². The Morgan fingerprint density at radius 2 is 0.909 bits per heavy atom. The monoisotopic (exact) mass is 915 g/mol. The molecule has 0 saturated carbocycles. The first-order chi connectivity index (χ1) is 31.3. The van der Waals surface area contributed by atoms with Crippen molar-refractivity contribution in [3.63, 3.8) is 0 Å². The third-order valence-corrected chi connectivity index (χ3v) is 11.0. The van der Waals surface area contributed by atoms with Crippen LogP contribution in [0.3, 0.4) is 0 Å². The van der Waals surface area contributed by atoms with Crippen LogP contribution in [0.2, 0.25) is 0 Å². The van der Waals surface area contributed by atoms with E-state index in [0.717, 1.165) is 5.56 Å². The quantitative estimate of drug-likeness (QED) is 0.0495. The molecule has 0 aliphatic heterocycles. The molecule has 0 fully saturated rings. The van der Waals surface area contributed by atoms with Crippen molar-refractivity contribution in [1.29, 1.82) is 0 Å². The Hall–Kier alpha value is -6.33. The van der Waals surface area contributed by atoms with E-state index in [9.17, 15) is 43.8 Å². The SMILES string of the molecule is CC(C)C[C@@H](NC(=O)[C@@H](CCCCN)NC(=O)[C@H](NC(=O)[C@H](NC(=O)[C@@H](Cc1ccccc1)NC(=O)[C@@H](Cc1ccccc1)NC(=O)[C@H](N)Cc1ccc(O)cc1)C(C)C)C(C)C)C(=O)O. The Bertz CT molecular complexity index is 2030. The minimum Gasteiger partial charge on any atom is -0.508 e. The van der Waals surface area contributed by atoms with Crippen molar-refractivity contribution >= 4 is 41.4 Å². The number of phenolic OH excluding ortho intramolecular Hbond substituents is 1. The first-order valence-electron chi connectivity index (χ1n) is 22.7. The van der Waals surface area contributed by atoms with Crippen LogP contribution in [0.15, 0.2) is 84.9 Å². The van der Waals surface area contributed by atoms with Crippen LogP contribution in [0.1, 0.15) is 83.9 Å². The number of aliphatic carboxylic acids is 1. The van der Waals surface area contributed by atoms with Gasteiger partial charge in [0.2, 0.25) is 35.4 Å². The number of amides is 6. The number of carboxylic acids is 1. The molecule has 0 bridgehead atoms. The van der Waals surface area contributed by atoms with Crippen molar-refractivity contribution in [1.82, 2.24) is 31.9 Å². The zero-order chi connectivity index (χ0) is 48.9. The molecule has 7 atom stereocenters. The van der Waals surface area contributed by atoms with Crippen molar-refractivity contribution in [2.75, 3.05) is 6.54 Å². The predicted octanol–water partition coefficient (Wildman–Crippen LogP) is 2.23. The fourth-order valence-corrected chi connectivity index (χ4v) is 7.20. The smallest absolute Gasteiger partial charge is 0.326 e. The van der Waals surface area contributed by atoms with Gasteiger partial charge in [-0.3, -0.25) is 28.8 Å². The summed E-state index contributed by atoms with van der Waals surface area (Å²) in [4.78, 5) is 95.5. The molecule has 0 heterocycles. The third kappa shape index (κ3) is 18.3. The van der Waals surface area contributed by atoms with Gasteiger partial charge in [0.15, 0.2) is 0 Å². The molecule has 0 unspecified atom stereocenters. The Morgan fingerprint density at radius 3 is 1.38 bits per heavy atom. The number of carbonyl (C=O) groups excluding carboxylic acids is 6. The molecule has 0 aliphatic carbocycles. The van der Waals surface area contributed by atoms with Crippen molar-refractivity contribution in [2.24, 2.45) is 29.2 Å². The molecular formula is C49H70N8O9. The summed E-state index contributed by atoms with van der Waals surface area (Å²) in [7, 11) is 0. The molecule has 3 aromatic rings. The Balaban J connectivity index is 1.86. The number of nitrogens with two attached hydrogens (primary N) is 2. The molecule has 360 valence electrons. The number of phenols is 1. The average Bonchev–Trinajstić information content (AvgIpc) is 3.27. The summed E-state index contributed by atoms with van der Waals surface area (Å²) in [6.07, 6.45) is 1.57. The molecule has 17 heteroatoms. The molecular weight excluding hydrogens is 845 g/mol. The molecule has 6 amide bonds. The number of hydrogen-bond donors (Lipinski definition) is 10. The maximum atomic E-state index is 14.3. The molecule has 3 rings (SSSR count). The van der Waals surface area contributed by atoms with Crippen LogP contribution in [0, 0.1) is 17.8 Å². The van der Waals surface area contributed by atoms with Crippen molar-refractivity contribution in [2.45, 2.75) is 129 Å². The minimum absolute atomic E-state index is 0.0156.